The monoisotopic (exact) mass is 313 g/mol. The van der Waals surface area contributed by atoms with Crippen LogP contribution in [0.5, 0.6) is 0 Å². The number of carbonyl (C=O) groups is 1. The summed E-state index contributed by atoms with van der Waals surface area (Å²) in [5, 5.41) is 0. The third-order valence-electron chi connectivity index (χ3n) is 3.75. The van der Waals surface area contributed by atoms with Gasteiger partial charge in [0.1, 0.15) is 6.10 Å². The lowest BCUT2D eigenvalue weighted by molar-refractivity contribution is -0.143. The number of nitrogens with zero attached hydrogens (tertiary/aromatic N) is 1. The Morgan fingerprint density at radius 2 is 2.19 bits per heavy atom. The summed E-state index contributed by atoms with van der Waals surface area (Å²) in [5.41, 5.74) is 0.724. The summed E-state index contributed by atoms with van der Waals surface area (Å²) in [6, 6.07) is 0. The summed E-state index contributed by atoms with van der Waals surface area (Å²) < 4.78 is 10.7. The minimum Gasteiger partial charge on any atom is -0.458 e. The second kappa shape index (κ2) is 8.61. The average molecular weight is 313 g/mol. The van der Waals surface area contributed by atoms with Crippen molar-refractivity contribution in [3.63, 3.8) is 0 Å². The third-order valence-corrected chi connectivity index (χ3v) is 4.41. The second-order valence-corrected chi connectivity index (χ2v) is 6.59. The number of ether oxygens (including phenoxy) is 1. The van der Waals surface area contributed by atoms with Gasteiger partial charge < -0.3 is 8.92 Å². The largest absolute Gasteiger partial charge is 0.458 e. The van der Waals surface area contributed by atoms with E-state index in [2.05, 4.69) is 25.7 Å². The maximum Gasteiger partial charge on any atom is 0.335 e. The van der Waals surface area contributed by atoms with Crippen LogP contribution in [-0.2, 0) is 13.7 Å². The molecule has 0 aliphatic carbocycles. The SMILES string of the molecule is C/C=C\C=C(/CSOC)C(=O)OC1CN(CC)C(C)(C)C1. The van der Waals surface area contributed by atoms with E-state index in [0.29, 0.717) is 11.3 Å². The van der Waals surface area contributed by atoms with E-state index in [1.54, 1.807) is 13.2 Å². The molecule has 120 valence electrons. The van der Waals surface area contributed by atoms with Gasteiger partial charge in [0.25, 0.3) is 0 Å². The Balaban J connectivity index is 2.66. The molecule has 1 aliphatic heterocycles. The molecular weight excluding hydrogens is 286 g/mol. The Morgan fingerprint density at radius 3 is 2.71 bits per heavy atom. The van der Waals surface area contributed by atoms with Crippen molar-refractivity contribution in [2.24, 2.45) is 0 Å². The van der Waals surface area contributed by atoms with E-state index >= 15 is 0 Å². The van der Waals surface area contributed by atoms with Crippen LogP contribution in [0.2, 0.25) is 0 Å². The molecule has 0 aromatic heterocycles. The number of esters is 1. The molecule has 0 aromatic rings. The zero-order chi connectivity index (χ0) is 15.9. The number of hydrogen-bond acceptors (Lipinski definition) is 5. The molecule has 1 atom stereocenters. The molecule has 1 unspecified atom stereocenters. The van der Waals surface area contributed by atoms with Gasteiger partial charge in [-0.05, 0) is 39.4 Å². The maximum absolute atomic E-state index is 12.3. The fourth-order valence-corrected chi connectivity index (χ4v) is 3.08. The van der Waals surface area contributed by atoms with E-state index in [-0.39, 0.29) is 17.6 Å². The normalized spacial score (nSPS) is 22.9. The van der Waals surface area contributed by atoms with Gasteiger partial charge in [-0.15, -0.1) is 0 Å². The van der Waals surface area contributed by atoms with Crippen LogP contribution in [0.3, 0.4) is 0 Å². The first-order valence-corrected chi connectivity index (χ1v) is 8.29. The lowest BCUT2D eigenvalue weighted by atomic mass is 10.0. The molecule has 0 N–H and O–H groups in total. The first kappa shape index (κ1) is 18.3. The zero-order valence-corrected chi connectivity index (χ0v) is 14.5. The van der Waals surface area contributed by atoms with Crippen molar-refractivity contribution >= 4 is 18.0 Å². The number of likely N-dealkylation sites (N-methyl/N-ethyl adjacent to an activating group) is 1. The number of allylic oxidation sites excluding steroid dienone is 3. The van der Waals surface area contributed by atoms with Crippen LogP contribution in [0.15, 0.2) is 23.8 Å². The van der Waals surface area contributed by atoms with Gasteiger partial charge in [0.2, 0.25) is 0 Å². The second-order valence-electron chi connectivity index (χ2n) is 5.73. The molecule has 1 aliphatic rings. The molecule has 0 radical (unpaired) electrons. The smallest absolute Gasteiger partial charge is 0.335 e. The van der Waals surface area contributed by atoms with Crippen LogP contribution in [0.4, 0.5) is 0 Å². The van der Waals surface area contributed by atoms with E-state index in [4.69, 9.17) is 8.92 Å². The fourth-order valence-electron chi connectivity index (χ4n) is 2.62. The summed E-state index contributed by atoms with van der Waals surface area (Å²) in [6.07, 6.45) is 6.38. The van der Waals surface area contributed by atoms with Gasteiger partial charge in [0, 0.05) is 24.1 Å². The highest BCUT2D eigenvalue weighted by molar-refractivity contribution is 7.94. The minimum atomic E-state index is -0.239. The molecule has 5 heteroatoms. The molecule has 0 amide bonds. The summed E-state index contributed by atoms with van der Waals surface area (Å²) >= 11 is 1.24. The molecule has 1 fully saturated rings. The number of hydrogen-bond donors (Lipinski definition) is 0. The van der Waals surface area contributed by atoms with Crippen molar-refractivity contribution in [3.8, 4) is 0 Å². The maximum atomic E-state index is 12.3. The van der Waals surface area contributed by atoms with Gasteiger partial charge in [0.15, 0.2) is 0 Å². The molecule has 0 bridgehead atoms. The topological polar surface area (TPSA) is 38.8 Å². The first-order chi connectivity index (χ1) is 9.94. The first-order valence-electron chi connectivity index (χ1n) is 7.38. The third kappa shape index (κ3) is 5.49. The van der Waals surface area contributed by atoms with E-state index in [1.807, 2.05) is 19.1 Å². The van der Waals surface area contributed by atoms with E-state index < -0.39 is 0 Å². The number of rotatable bonds is 7. The Labute approximate surface area is 132 Å². The van der Waals surface area contributed by atoms with E-state index in [1.165, 1.54) is 12.0 Å². The van der Waals surface area contributed by atoms with Gasteiger partial charge in [-0.25, -0.2) is 4.79 Å². The molecule has 0 spiro atoms. The standard InChI is InChI=1S/C16H27NO3S/c1-6-8-9-13(12-21-19-5)15(18)20-14-10-16(3,4)17(7-2)11-14/h6,8-9,14H,7,10-12H2,1-5H3/b8-6-,13-9+. The highest BCUT2D eigenvalue weighted by Gasteiger charge is 2.39. The van der Waals surface area contributed by atoms with E-state index in [0.717, 1.165) is 19.5 Å². The van der Waals surface area contributed by atoms with Crippen LogP contribution in [-0.4, -0.2) is 48.5 Å². The van der Waals surface area contributed by atoms with Crippen LogP contribution >= 0.6 is 12.0 Å². The highest BCUT2D eigenvalue weighted by atomic mass is 32.2. The molecule has 0 saturated carbocycles. The van der Waals surface area contributed by atoms with Crippen molar-refractivity contribution < 1.29 is 13.7 Å². The van der Waals surface area contributed by atoms with Crippen LogP contribution in [0, 0.1) is 0 Å². The van der Waals surface area contributed by atoms with Crippen molar-refractivity contribution in [2.45, 2.75) is 45.8 Å². The van der Waals surface area contributed by atoms with Gasteiger partial charge in [-0.1, -0.05) is 25.2 Å². The van der Waals surface area contributed by atoms with E-state index in [9.17, 15) is 4.79 Å². The van der Waals surface area contributed by atoms with Gasteiger partial charge >= 0.3 is 5.97 Å². The molecule has 21 heavy (non-hydrogen) atoms. The lowest BCUT2D eigenvalue weighted by Gasteiger charge is -2.29. The Bertz CT molecular complexity index is 404. The summed E-state index contributed by atoms with van der Waals surface area (Å²) in [4.78, 5) is 14.7. The molecule has 1 saturated heterocycles. The Hall–Kier alpha value is -0.780. The average Bonchev–Trinajstić information content (AvgIpc) is 2.72. The van der Waals surface area contributed by atoms with Crippen molar-refractivity contribution in [1.29, 1.82) is 0 Å². The van der Waals surface area contributed by atoms with Crippen molar-refractivity contribution in [3.05, 3.63) is 23.8 Å². The van der Waals surface area contributed by atoms with Crippen molar-refractivity contribution in [2.75, 3.05) is 26.0 Å². The summed E-state index contributed by atoms with van der Waals surface area (Å²) in [6.45, 7) is 10.2. The molecule has 0 aromatic carbocycles. The predicted octanol–water partition coefficient (Wildman–Crippen LogP) is 3.20. The molecule has 1 heterocycles. The van der Waals surface area contributed by atoms with Gasteiger partial charge in [-0.3, -0.25) is 4.90 Å². The number of likely N-dealkylation sites (tertiary alicyclic amines) is 1. The van der Waals surface area contributed by atoms with Crippen molar-refractivity contribution in [1.82, 2.24) is 4.90 Å². The molecule has 4 nitrogen and oxygen atoms in total. The predicted molar refractivity (Wildman–Crippen MR) is 88.2 cm³/mol. The van der Waals surface area contributed by atoms with Gasteiger partial charge in [-0.2, -0.15) is 0 Å². The number of carbonyl (C=O) groups excluding carboxylic acids is 1. The fraction of sp³-hybridized carbons (Fsp3) is 0.688. The Kier molecular flexibility index (Phi) is 7.49. The van der Waals surface area contributed by atoms with Crippen LogP contribution < -0.4 is 0 Å². The molecular formula is C16H27NO3S. The lowest BCUT2D eigenvalue weighted by Crippen LogP contribution is -2.37. The van der Waals surface area contributed by atoms with Crippen LogP contribution in [0.1, 0.15) is 34.1 Å². The van der Waals surface area contributed by atoms with Crippen LogP contribution in [0.25, 0.3) is 0 Å². The van der Waals surface area contributed by atoms with Gasteiger partial charge in [0.05, 0.1) is 12.9 Å². The minimum absolute atomic E-state index is 0.0333. The Morgan fingerprint density at radius 1 is 1.48 bits per heavy atom. The summed E-state index contributed by atoms with van der Waals surface area (Å²) in [5.74, 6) is 0.254. The summed E-state index contributed by atoms with van der Waals surface area (Å²) in [7, 11) is 1.60. The molecule has 1 rings (SSSR count). The quantitative estimate of drug-likeness (QED) is 0.312. The highest BCUT2D eigenvalue weighted by Crippen LogP contribution is 2.30. The zero-order valence-electron chi connectivity index (χ0n) is 13.7.